The van der Waals surface area contributed by atoms with E-state index in [1.54, 1.807) is 0 Å². The number of ether oxygens (including phenoxy) is 1. The summed E-state index contributed by atoms with van der Waals surface area (Å²) in [6, 6.07) is 14.7. The average molecular weight is 301 g/mol. The van der Waals surface area contributed by atoms with E-state index in [4.69, 9.17) is 10.5 Å². The molecular weight excluding hydrogens is 277 g/mol. The van der Waals surface area contributed by atoms with Gasteiger partial charge in [-0.25, -0.2) is 4.39 Å². The number of hydrogen-bond donors (Lipinski definition) is 1. The highest BCUT2D eigenvalue weighted by Gasteiger charge is 2.11. The molecule has 2 aromatic rings. The van der Waals surface area contributed by atoms with E-state index >= 15 is 0 Å². The molecule has 0 saturated heterocycles. The molecule has 0 heterocycles. The van der Waals surface area contributed by atoms with Crippen LogP contribution in [0, 0.1) is 5.82 Å². The number of nitrogens with two attached hydrogens (primary N) is 1. The lowest BCUT2D eigenvalue weighted by Crippen LogP contribution is -2.15. The first kappa shape index (κ1) is 16.5. The molecule has 2 rings (SSSR count). The van der Waals surface area contributed by atoms with Crippen LogP contribution < -0.4 is 10.5 Å². The van der Waals surface area contributed by atoms with Crippen molar-refractivity contribution in [1.82, 2.24) is 0 Å². The summed E-state index contributed by atoms with van der Waals surface area (Å²) < 4.78 is 18.8. The molecule has 0 amide bonds. The van der Waals surface area contributed by atoms with Crippen molar-refractivity contribution < 1.29 is 9.13 Å². The largest absolute Gasteiger partial charge is 0.494 e. The van der Waals surface area contributed by atoms with Crippen molar-refractivity contribution in [2.45, 2.75) is 32.1 Å². The lowest BCUT2D eigenvalue weighted by Gasteiger charge is -2.16. The highest BCUT2D eigenvalue weighted by Crippen LogP contribution is 2.23. The van der Waals surface area contributed by atoms with Crippen LogP contribution in [-0.4, -0.2) is 13.2 Å². The van der Waals surface area contributed by atoms with Gasteiger partial charge in [0.15, 0.2) is 0 Å². The van der Waals surface area contributed by atoms with Gasteiger partial charge in [0, 0.05) is 5.92 Å². The molecule has 22 heavy (non-hydrogen) atoms. The number of benzene rings is 2. The lowest BCUT2D eigenvalue weighted by molar-refractivity contribution is 0.309. The van der Waals surface area contributed by atoms with E-state index in [0.29, 0.717) is 6.54 Å². The molecule has 2 N–H and O–H groups in total. The molecule has 2 nitrogen and oxygen atoms in total. The Morgan fingerprint density at radius 2 is 1.91 bits per heavy atom. The van der Waals surface area contributed by atoms with Gasteiger partial charge in [-0.15, -0.1) is 0 Å². The summed E-state index contributed by atoms with van der Waals surface area (Å²) in [5.41, 5.74) is 8.16. The maximum Gasteiger partial charge on any atom is 0.123 e. The fraction of sp³-hybridized carbons (Fsp3) is 0.368. The van der Waals surface area contributed by atoms with Crippen LogP contribution in [0.15, 0.2) is 48.5 Å². The maximum atomic E-state index is 13.0. The molecule has 0 bridgehead atoms. The predicted octanol–water partition coefficient (Wildman–Crippen LogP) is 4.29. The van der Waals surface area contributed by atoms with Gasteiger partial charge < -0.3 is 10.5 Å². The van der Waals surface area contributed by atoms with E-state index in [1.165, 1.54) is 17.7 Å². The van der Waals surface area contributed by atoms with E-state index in [-0.39, 0.29) is 11.7 Å². The zero-order valence-electron chi connectivity index (χ0n) is 13.1. The summed E-state index contributed by atoms with van der Waals surface area (Å²) in [4.78, 5) is 0. The van der Waals surface area contributed by atoms with Gasteiger partial charge in [0.05, 0.1) is 6.61 Å². The fourth-order valence-electron chi connectivity index (χ4n) is 2.45. The molecule has 0 aromatic heterocycles. The van der Waals surface area contributed by atoms with Crippen molar-refractivity contribution in [3.05, 3.63) is 65.5 Å². The van der Waals surface area contributed by atoms with Gasteiger partial charge in [0.25, 0.3) is 0 Å². The predicted molar refractivity (Wildman–Crippen MR) is 88.7 cm³/mol. The van der Waals surface area contributed by atoms with Crippen molar-refractivity contribution in [2.75, 3.05) is 13.2 Å². The van der Waals surface area contributed by atoms with Crippen molar-refractivity contribution in [3.8, 4) is 5.75 Å². The van der Waals surface area contributed by atoms with Crippen molar-refractivity contribution in [1.29, 1.82) is 0 Å². The van der Waals surface area contributed by atoms with Crippen LogP contribution in [0.1, 0.15) is 36.8 Å². The number of rotatable bonds is 8. The van der Waals surface area contributed by atoms with E-state index in [9.17, 15) is 4.39 Å². The Balaban J connectivity index is 2.04. The smallest absolute Gasteiger partial charge is 0.123 e. The van der Waals surface area contributed by atoms with Crippen LogP contribution in [0.3, 0.4) is 0 Å². The highest BCUT2D eigenvalue weighted by molar-refractivity contribution is 5.31. The summed E-state index contributed by atoms with van der Waals surface area (Å²) in [6.07, 6.45) is 3.01. The van der Waals surface area contributed by atoms with Crippen LogP contribution in [0.4, 0.5) is 4.39 Å². The minimum atomic E-state index is -0.217. The summed E-state index contributed by atoms with van der Waals surface area (Å²) >= 11 is 0. The van der Waals surface area contributed by atoms with Crippen LogP contribution in [-0.2, 0) is 6.42 Å². The van der Waals surface area contributed by atoms with Gasteiger partial charge in [0.1, 0.15) is 11.6 Å². The Bertz CT molecular complexity index is 568. The molecule has 1 unspecified atom stereocenters. The molecule has 0 aliphatic heterocycles. The Hall–Kier alpha value is -1.87. The Morgan fingerprint density at radius 1 is 1.14 bits per heavy atom. The molecule has 118 valence electrons. The second-order valence-corrected chi connectivity index (χ2v) is 5.54. The van der Waals surface area contributed by atoms with E-state index in [2.05, 4.69) is 19.1 Å². The SMILES string of the molecule is CCCCOc1cccc(CC(CN)c2ccc(F)cc2)c1. The monoisotopic (exact) mass is 301 g/mol. The number of halogens is 1. The van der Waals surface area contributed by atoms with E-state index < -0.39 is 0 Å². The first-order valence-electron chi connectivity index (χ1n) is 7.90. The minimum Gasteiger partial charge on any atom is -0.494 e. The third-order valence-corrected chi connectivity index (χ3v) is 3.77. The van der Waals surface area contributed by atoms with Gasteiger partial charge in [-0.05, 0) is 54.8 Å². The summed E-state index contributed by atoms with van der Waals surface area (Å²) in [5, 5.41) is 0. The Kier molecular flexibility index (Phi) is 6.41. The standard InChI is InChI=1S/C19H24FNO/c1-2-3-11-22-19-6-4-5-15(13-19)12-17(14-21)16-7-9-18(20)10-8-16/h4-10,13,17H,2-3,11-12,14,21H2,1H3. The molecule has 2 aromatic carbocycles. The third-order valence-electron chi connectivity index (χ3n) is 3.77. The van der Waals surface area contributed by atoms with Crippen LogP contribution >= 0.6 is 0 Å². The fourth-order valence-corrected chi connectivity index (χ4v) is 2.45. The second-order valence-electron chi connectivity index (χ2n) is 5.54. The maximum absolute atomic E-state index is 13.0. The van der Waals surface area contributed by atoms with Crippen LogP contribution in [0.25, 0.3) is 0 Å². The molecule has 1 atom stereocenters. The van der Waals surface area contributed by atoms with Gasteiger partial charge in [0.2, 0.25) is 0 Å². The van der Waals surface area contributed by atoms with Crippen LogP contribution in [0.2, 0.25) is 0 Å². The molecule has 0 fully saturated rings. The number of hydrogen-bond acceptors (Lipinski definition) is 2. The van der Waals surface area contributed by atoms with Gasteiger partial charge >= 0.3 is 0 Å². The van der Waals surface area contributed by atoms with Gasteiger partial charge in [-0.3, -0.25) is 0 Å². The lowest BCUT2D eigenvalue weighted by atomic mass is 9.92. The average Bonchev–Trinajstić information content (AvgIpc) is 2.54. The summed E-state index contributed by atoms with van der Waals surface area (Å²) in [5.74, 6) is 0.873. The van der Waals surface area contributed by atoms with Crippen molar-refractivity contribution in [2.24, 2.45) is 5.73 Å². The first-order chi connectivity index (χ1) is 10.7. The molecule has 0 saturated carbocycles. The highest BCUT2D eigenvalue weighted by atomic mass is 19.1. The zero-order chi connectivity index (χ0) is 15.8. The van der Waals surface area contributed by atoms with E-state index in [1.807, 2.05) is 24.3 Å². The van der Waals surface area contributed by atoms with Gasteiger partial charge in [-0.1, -0.05) is 37.6 Å². The van der Waals surface area contributed by atoms with Gasteiger partial charge in [-0.2, -0.15) is 0 Å². The summed E-state index contributed by atoms with van der Waals surface area (Å²) in [7, 11) is 0. The molecule has 0 aliphatic rings. The normalized spacial score (nSPS) is 12.1. The molecule has 0 spiro atoms. The quantitative estimate of drug-likeness (QED) is 0.738. The van der Waals surface area contributed by atoms with Crippen LogP contribution in [0.5, 0.6) is 5.75 Å². The zero-order valence-corrected chi connectivity index (χ0v) is 13.1. The molecule has 0 aliphatic carbocycles. The molecule has 3 heteroatoms. The topological polar surface area (TPSA) is 35.2 Å². The Labute approximate surface area is 132 Å². The van der Waals surface area contributed by atoms with Crippen molar-refractivity contribution in [3.63, 3.8) is 0 Å². The van der Waals surface area contributed by atoms with E-state index in [0.717, 1.165) is 37.2 Å². The molecule has 0 radical (unpaired) electrons. The number of unbranched alkanes of at least 4 members (excludes halogenated alkanes) is 1. The molecular formula is C19H24FNO. The summed E-state index contributed by atoms with van der Waals surface area (Å²) in [6.45, 7) is 3.43. The minimum absolute atomic E-state index is 0.187. The first-order valence-corrected chi connectivity index (χ1v) is 7.90. The second kappa shape index (κ2) is 8.54. The third kappa shape index (κ3) is 4.85. The Morgan fingerprint density at radius 3 is 2.59 bits per heavy atom. The van der Waals surface area contributed by atoms with Crippen molar-refractivity contribution >= 4 is 0 Å².